The number of nitrogens with zero attached hydrogens (tertiary/aromatic N) is 2. The largest absolute Gasteiger partial charge is 0.418 e. The molecular weight excluding hydrogens is 247 g/mol. The standard InChI is InChI=1S/C11H10F3N3O/c12-11(13,14)8-3-1-2-4-9(8)15-6-5-10-16-7-17-18-10/h1-4,7,15H,5-6H2. The first-order chi connectivity index (χ1) is 8.57. The molecular formula is C11H10F3N3O. The van der Waals surface area contributed by atoms with Crippen LogP contribution in [0.4, 0.5) is 18.9 Å². The van der Waals surface area contributed by atoms with Crippen molar-refractivity contribution in [1.29, 1.82) is 0 Å². The molecule has 0 radical (unpaired) electrons. The van der Waals surface area contributed by atoms with Crippen molar-refractivity contribution < 1.29 is 17.7 Å². The van der Waals surface area contributed by atoms with Crippen molar-refractivity contribution >= 4 is 5.69 Å². The van der Waals surface area contributed by atoms with Crippen LogP contribution in [0.1, 0.15) is 11.5 Å². The molecule has 0 aliphatic rings. The molecule has 2 rings (SSSR count). The zero-order valence-corrected chi connectivity index (χ0v) is 9.24. The third-order valence-corrected chi connectivity index (χ3v) is 2.29. The van der Waals surface area contributed by atoms with E-state index in [0.29, 0.717) is 12.3 Å². The molecule has 0 amide bonds. The normalized spacial score (nSPS) is 11.5. The van der Waals surface area contributed by atoms with Crippen molar-refractivity contribution in [3.63, 3.8) is 0 Å². The molecule has 2 aromatic rings. The van der Waals surface area contributed by atoms with Crippen molar-refractivity contribution in [2.24, 2.45) is 0 Å². The van der Waals surface area contributed by atoms with Crippen molar-refractivity contribution in [3.8, 4) is 0 Å². The minimum absolute atomic E-state index is 0.0458. The lowest BCUT2D eigenvalue weighted by molar-refractivity contribution is -0.136. The van der Waals surface area contributed by atoms with Gasteiger partial charge < -0.3 is 9.84 Å². The number of halogens is 3. The van der Waals surface area contributed by atoms with E-state index in [0.717, 1.165) is 6.07 Å². The second kappa shape index (κ2) is 5.07. The van der Waals surface area contributed by atoms with E-state index in [4.69, 9.17) is 4.52 Å². The van der Waals surface area contributed by atoms with Crippen molar-refractivity contribution in [2.45, 2.75) is 12.6 Å². The molecule has 1 N–H and O–H groups in total. The van der Waals surface area contributed by atoms with Crippen molar-refractivity contribution in [2.75, 3.05) is 11.9 Å². The van der Waals surface area contributed by atoms with Crippen LogP contribution in [-0.4, -0.2) is 16.7 Å². The third-order valence-electron chi connectivity index (χ3n) is 2.29. The Bertz CT molecular complexity index is 496. The maximum absolute atomic E-state index is 12.7. The molecule has 0 saturated heterocycles. The molecule has 1 heterocycles. The zero-order valence-electron chi connectivity index (χ0n) is 9.24. The molecule has 96 valence electrons. The van der Waals surface area contributed by atoms with Gasteiger partial charge in [-0.15, -0.1) is 0 Å². The second-order valence-corrected chi connectivity index (χ2v) is 3.56. The number of rotatable bonds is 4. The molecule has 0 fully saturated rings. The van der Waals surface area contributed by atoms with Crippen LogP contribution in [0.3, 0.4) is 0 Å². The summed E-state index contributed by atoms with van der Waals surface area (Å²) >= 11 is 0. The van der Waals surface area contributed by atoms with E-state index >= 15 is 0 Å². The lowest BCUT2D eigenvalue weighted by Gasteiger charge is -2.13. The van der Waals surface area contributed by atoms with Gasteiger partial charge in [0.15, 0.2) is 6.33 Å². The summed E-state index contributed by atoms with van der Waals surface area (Å²) in [5, 5.41) is 6.12. The van der Waals surface area contributed by atoms with Gasteiger partial charge in [-0.25, -0.2) is 0 Å². The highest BCUT2D eigenvalue weighted by atomic mass is 19.4. The second-order valence-electron chi connectivity index (χ2n) is 3.56. The predicted octanol–water partition coefficient (Wildman–Crippen LogP) is 2.74. The highest BCUT2D eigenvalue weighted by Crippen LogP contribution is 2.34. The number of aromatic nitrogens is 2. The van der Waals surface area contributed by atoms with Gasteiger partial charge in [0, 0.05) is 18.7 Å². The van der Waals surface area contributed by atoms with Crippen LogP contribution in [0, 0.1) is 0 Å². The Morgan fingerprint density at radius 1 is 1.22 bits per heavy atom. The van der Waals surface area contributed by atoms with Gasteiger partial charge in [0.25, 0.3) is 0 Å². The van der Waals surface area contributed by atoms with Crippen LogP contribution >= 0.6 is 0 Å². The van der Waals surface area contributed by atoms with Crippen LogP contribution in [0.15, 0.2) is 35.1 Å². The number of hydrogen-bond donors (Lipinski definition) is 1. The lowest BCUT2D eigenvalue weighted by Crippen LogP contribution is -2.12. The molecule has 18 heavy (non-hydrogen) atoms. The number of alkyl halides is 3. The number of anilines is 1. The first-order valence-corrected chi connectivity index (χ1v) is 5.23. The SMILES string of the molecule is FC(F)(F)c1ccccc1NCCc1ncno1. The molecule has 1 aromatic carbocycles. The first-order valence-electron chi connectivity index (χ1n) is 5.23. The van der Waals surface area contributed by atoms with E-state index in [1.807, 2.05) is 0 Å². The van der Waals surface area contributed by atoms with E-state index in [9.17, 15) is 13.2 Å². The minimum atomic E-state index is -4.37. The molecule has 0 aliphatic heterocycles. The van der Waals surface area contributed by atoms with E-state index in [2.05, 4.69) is 15.5 Å². The Hall–Kier alpha value is -2.05. The molecule has 0 aliphatic carbocycles. The van der Waals surface area contributed by atoms with Gasteiger partial charge in [0.05, 0.1) is 5.56 Å². The van der Waals surface area contributed by atoms with Crippen LogP contribution < -0.4 is 5.32 Å². The Kier molecular flexibility index (Phi) is 3.50. The highest BCUT2D eigenvalue weighted by Gasteiger charge is 2.32. The number of para-hydroxylation sites is 1. The van der Waals surface area contributed by atoms with Crippen molar-refractivity contribution in [3.05, 3.63) is 42.0 Å². The fraction of sp³-hybridized carbons (Fsp3) is 0.273. The molecule has 4 nitrogen and oxygen atoms in total. The minimum Gasteiger partial charge on any atom is -0.384 e. The first kappa shape index (κ1) is 12.4. The Morgan fingerprint density at radius 2 is 2.00 bits per heavy atom. The van der Waals surface area contributed by atoms with Crippen LogP contribution in [-0.2, 0) is 12.6 Å². The average Bonchev–Trinajstić information content (AvgIpc) is 2.81. The fourth-order valence-corrected chi connectivity index (χ4v) is 1.49. The number of hydrogen-bond acceptors (Lipinski definition) is 4. The van der Waals surface area contributed by atoms with E-state index < -0.39 is 11.7 Å². The fourth-order valence-electron chi connectivity index (χ4n) is 1.49. The zero-order chi connectivity index (χ0) is 13.0. The lowest BCUT2D eigenvalue weighted by atomic mass is 10.1. The summed E-state index contributed by atoms with van der Waals surface area (Å²) in [5.74, 6) is 0.381. The summed E-state index contributed by atoms with van der Waals surface area (Å²) in [4.78, 5) is 3.78. The third kappa shape index (κ3) is 2.99. The summed E-state index contributed by atoms with van der Waals surface area (Å²) in [7, 11) is 0. The molecule has 0 spiro atoms. The Balaban J connectivity index is 2.01. The topological polar surface area (TPSA) is 51.0 Å². The van der Waals surface area contributed by atoms with Gasteiger partial charge >= 0.3 is 6.18 Å². The van der Waals surface area contributed by atoms with E-state index in [1.165, 1.54) is 18.5 Å². The predicted molar refractivity (Wildman–Crippen MR) is 57.9 cm³/mol. The molecule has 7 heteroatoms. The molecule has 0 bridgehead atoms. The Morgan fingerprint density at radius 3 is 2.67 bits per heavy atom. The summed E-state index contributed by atoms with van der Waals surface area (Å²) in [5.41, 5.74) is -0.639. The van der Waals surface area contributed by atoms with Crippen LogP contribution in [0.25, 0.3) is 0 Å². The van der Waals surface area contributed by atoms with Gasteiger partial charge in [0.1, 0.15) is 0 Å². The maximum atomic E-state index is 12.7. The van der Waals surface area contributed by atoms with Gasteiger partial charge in [-0.1, -0.05) is 17.3 Å². The summed E-state index contributed by atoms with van der Waals surface area (Å²) < 4.78 is 42.8. The van der Waals surface area contributed by atoms with Crippen LogP contribution in [0.2, 0.25) is 0 Å². The molecule has 0 saturated carbocycles. The Labute approximate surface area is 101 Å². The summed E-state index contributed by atoms with van der Waals surface area (Å²) in [6, 6.07) is 5.32. The van der Waals surface area contributed by atoms with E-state index in [1.54, 1.807) is 6.07 Å². The van der Waals surface area contributed by atoms with Gasteiger partial charge in [-0.05, 0) is 12.1 Å². The number of benzene rings is 1. The van der Waals surface area contributed by atoms with Gasteiger partial charge in [-0.2, -0.15) is 18.2 Å². The molecule has 0 unspecified atom stereocenters. The molecule has 1 aromatic heterocycles. The summed E-state index contributed by atoms with van der Waals surface area (Å²) in [6.45, 7) is 0.287. The maximum Gasteiger partial charge on any atom is 0.418 e. The quantitative estimate of drug-likeness (QED) is 0.915. The average molecular weight is 257 g/mol. The number of nitrogens with one attached hydrogen (secondary N) is 1. The smallest absolute Gasteiger partial charge is 0.384 e. The highest BCUT2D eigenvalue weighted by molar-refractivity contribution is 5.52. The van der Waals surface area contributed by atoms with Crippen molar-refractivity contribution in [1.82, 2.24) is 10.1 Å². The van der Waals surface area contributed by atoms with Gasteiger partial charge in [-0.3, -0.25) is 0 Å². The summed E-state index contributed by atoms with van der Waals surface area (Å²) in [6.07, 6.45) is -2.75. The van der Waals surface area contributed by atoms with Gasteiger partial charge in [0.2, 0.25) is 5.89 Å². The monoisotopic (exact) mass is 257 g/mol. The van der Waals surface area contributed by atoms with Crippen LogP contribution in [0.5, 0.6) is 0 Å². The molecule has 0 atom stereocenters. The van der Waals surface area contributed by atoms with E-state index in [-0.39, 0.29) is 12.2 Å².